The fraction of sp³-hybridized carbons (Fsp3) is 1.00. The first-order valence-corrected chi connectivity index (χ1v) is 6.76. The Morgan fingerprint density at radius 2 is 1.08 bits per heavy atom. The Morgan fingerprint density at radius 3 is 1.32 bits per heavy atom. The first-order chi connectivity index (χ1) is 10.4. The summed E-state index contributed by atoms with van der Waals surface area (Å²) in [6.45, 7) is -1.57. The van der Waals surface area contributed by atoms with Crippen LogP contribution in [0.2, 0.25) is 0 Å². The van der Waals surface area contributed by atoms with Crippen molar-refractivity contribution in [1.82, 2.24) is 0 Å². The van der Waals surface area contributed by atoms with E-state index in [1.165, 1.54) is 0 Å². The van der Waals surface area contributed by atoms with E-state index in [1.807, 2.05) is 4.74 Å². The van der Waals surface area contributed by atoms with Crippen LogP contribution in [0.5, 0.6) is 0 Å². The van der Waals surface area contributed by atoms with Crippen LogP contribution in [-0.4, -0.2) is 48.3 Å². The van der Waals surface area contributed by atoms with Crippen molar-refractivity contribution in [3.05, 3.63) is 0 Å². The van der Waals surface area contributed by atoms with Gasteiger partial charge in [-0.2, -0.15) is 43.9 Å². The van der Waals surface area contributed by atoms with E-state index in [9.17, 15) is 61.3 Å². The van der Waals surface area contributed by atoms with Gasteiger partial charge in [0.1, 0.15) is 0 Å². The van der Waals surface area contributed by atoms with Crippen LogP contribution < -0.4 is 0 Å². The molecule has 0 aromatic rings. The third-order valence-electron chi connectivity index (χ3n) is 2.27. The van der Waals surface area contributed by atoms with Gasteiger partial charge in [-0.15, -0.1) is 0 Å². The Bertz CT molecular complexity index is 593. The van der Waals surface area contributed by atoms with E-state index in [-0.39, 0.29) is 0 Å². The van der Waals surface area contributed by atoms with Crippen LogP contribution in [0, 0.1) is 0 Å². The summed E-state index contributed by atoms with van der Waals surface area (Å²) >= 11 is 0. The van der Waals surface area contributed by atoms with Crippen molar-refractivity contribution >= 4 is 10.1 Å². The molecule has 0 aromatic heterocycles. The van der Waals surface area contributed by atoms with E-state index < -0.39 is 59.3 Å². The molecule has 0 radical (unpaired) electrons. The Hall–Kier alpha value is -0.940. The number of ether oxygens (including phenoxy) is 2. The average Bonchev–Trinajstić information content (AvgIpc) is 2.21. The molecule has 0 aliphatic carbocycles. The van der Waals surface area contributed by atoms with Crippen molar-refractivity contribution in [3.63, 3.8) is 0 Å². The quantitative estimate of drug-likeness (QED) is 0.464. The van der Waals surface area contributed by atoms with E-state index in [4.69, 9.17) is 0 Å². The molecule has 2 atom stereocenters. The molecule has 2 unspecified atom stereocenters. The summed E-state index contributed by atoms with van der Waals surface area (Å²) in [6, 6.07) is 0. The molecule has 0 aliphatic heterocycles. The Labute approximate surface area is 131 Å². The maximum atomic E-state index is 13.5. The molecule has 0 aliphatic rings. The minimum absolute atomic E-state index is 0.667. The van der Waals surface area contributed by atoms with E-state index in [0.29, 0.717) is 0 Å². The van der Waals surface area contributed by atoms with E-state index >= 15 is 0 Å². The van der Waals surface area contributed by atoms with Crippen molar-refractivity contribution < 1.29 is 70.7 Å². The smallest absolute Gasteiger partial charge is 0.463 e. The highest BCUT2D eigenvalue weighted by Gasteiger charge is 2.73. The topological polar surface area (TPSA) is 75.7 Å². The Morgan fingerprint density at radius 1 is 0.720 bits per heavy atom. The second-order valence-electron chi connectivity index (χ2n) is 4.53. The number of alkyl halides is 11. The molecule has 0 fully saturated rings. The molecule has 152 valence electrons. The molecule has 17 heteroatoms. The van der Waals surface area contributed by atoms with Gasteiger partial charge in [-0.1, -0.05) is 0 Å². The monoisotopic (exact) mass is 423 g/mol. The maximum absolute atomic E-state index is 13.5. The first-order valence-electron chi connectivity index (χ1n) is 5.35. The Kier molecular flexibility index (Phi) is 5.82. The second-order valence-corrected chi connectivity index (χ2v) is 5.96. The highest BCUT2D eigenvalue weighted by Crippen LogP contribution is 2.49. The molecular weight excluding hydrogens is 417 g/mol. The highest BCUT2D eigenvalue weighted by atomic mass is 32.2. The third-order valence-corrected chi connectivity index (χ3v) is 3.23. The van der Waals surface area contributed by atoms with Crippen LogP contribution in [0.25, 0.3) is 0 Å². The van der Waals surface area contributed by atoms with Crippen molar-refractivity contribution in [2.24, 2.45) is 0 Å². The van der Waals surface area contributed by atoms with Gasteiger partial charge >= 0.3 is 35.4 Å². The summed E-state index contributed by atoms with van der Waals surface area (Å²) in [5.74, 6) is -11.0. The molecule has 0 aromatic carbocycles. The van der Waals surface area contributed by atoms with Crippen molar-refractivity contribution in [1.29, 1.82) is 0 Å². The van der Waals surface area contributed by atoms with E-state index in [2.05, 4.69) is 4.74 Å². The fourth-order valence-electron chi connectivity index (χ4n) is 0.896. The first kappa shape index (κ1) is 24.1. The molecule has 0 saturated heterocycles. The summed E-state index contributed by atoms with van der Waals surface area (Å²) in [5.41, 5.74) is 0. The molecule has 25 heavy (non-hydrogen) atoms. The van der Waals surface area contributed by atoms with Gasteiger partial charge in [-0.05, 0) is 0 Å². The number of hydrogen-bond donors (Lipinski definition) is 0. The minimum atomic E-state index is -7.49. The standard InChI is InChI=1S/C8H7F11O5S/c1-3(9,10)6(15,16)23-4(2,11)7(17,18)24-8(19,5(12,13)14)25(20,21)22/h1-2H3,(H,20,21,22)/p-1. The van der Waals surface area contributed by atoms with Crippen LogP contribution in [0.15, 0.2) is 0 Å². The summed E-state index contributed by atoms with van der Waals surface area (Å²) in [5, 5.41) is -6.82. The zero-order valence-corrected chi connectivity index (χ0v) is 12.4. The van der Waals surface area contributed by atoms with Gasteiger partial charge in [0.15, 0.2) is 10.1 Å². The lowest BCUT2D eigenvalue weighted by atomic mass is 10.3. The SMILES string of the molecule is CC(F)(F)C(F)(F)OC(C)(F)C(F)(F)OC(F)(C(F)(F)F)S(=O)(=O)[O-]. The predicted molar refractivity (Wildman–Crippen MR) is 51.8 cm³/mol. The zero-order valence-electron chi connectivity index (χ0n) is 11.6. The van der Waals surface area contributed by atoms with Gasteiger partial charge in [0.2, 0.25) is 0 Å². The number of halogens is 11. The third kappa shape index (κ3) is 4.62. The summed E-state index contributed by atoms with van der Waals surface area (Å²) < 4.78 is 175. The highest BCUT2D eigenvalue weighted by molar-refractivity contribution is 7.86. The van der Waals surface area contributed by atoms with E-state index in [0.717, 1.165) is 0 Å². The maximum Gasteiger partial charge on any atom is 0.463 e. The lowest BCUT2D eigenvalue weighted by Crippen LogP contribution is -2.60. The molecule has 0 amide bonds. The van der Waals surface area contributed by atoms with Gasteiger partial charge in [0, 0.05) is 13.8 Å². The zero-order chi connectivity index (χ0) is 20.9. The second kappa shape index (κ2) is 6.05. The Balaban J connectivity index is 5.98. The number of hydrogen-bond acceptors (Lipinski definition) is 5. The summed E-state index contributed by atoms with van der Waals surface area (Å²) in [7, 11) is -7.49. The predicted octanol–water partition coefficient (Wildman–Crippen LogP) is 3.28. The van der Waals surface area contributed by atoms with Crippen molar-refractivity contribution in [3.8, 4) is 0 Å². The molecule has 0 saturated carbocycles. The fourth-order valence-corrected chi connectivity index (χ4v) is 1.39. The van der Waals surface area contributed by atoms with Crippen LogP contribution in [-0.2, 0) is 19.6 Å². The molecule has 5 nitrogen and oxygen atoms in total. The molecule has 0 N–H and O–H groups in total. The van der Waals surface area contributed by atoms with Gasteiger partial charge < -0.3 is 4.55 Å². The van der Waals surface area contributed by atoms with Crippen molar-refractivity contribution in [2.45, 2.75) is 49.2 Å². The van der Waals surface area contributed by atoms with Crippen LogP contribution in [0.1, 0.15) is 13.8 Å². The minimum Gasteiger partial charge on any atom is -0.743 e. The molecule has 0 rings (SSSR count). The van der Waals surface area contributed by atoms with Gasteiger partial charge in [-0.25, -0.2) is 12.8 Å². The van der Waals surface area contributed by atoms with Crippen LogP contribution in [0.4, 0.5) is 48.3 Å². The van der Waals surface area contributed by atoms with Crippen molar-refractivity contribution in [2.75, 3.05) is 0 Å². The number of rotatable bonds is 7. The molecule has 0 bridgehead atoms. The van der Waals surface area contributed by atoms with Gasteiger partial charge in [0.25, 0.3) is 0 Å². The normalized spacial score (nSPS) is 20.1. The van der Waals surface area contributed by atoms with Crippen LogP contribution in [0.3, 0.4) is 0 Å². The molecule has 0 spiro atoms. The largest absolute Gasteiger partial charge is 0.743 e. The van der Waals surface area contributed by atoms with Gasteiger partial charge in [-0.3, -0.25) is 9.47 Å². The van der Waals surface area contributed by atoms with Gasteiger partial charge in [0.05, 0.1) is 0 Å². The average molecular weight is 423 g/mol. The molecular formula is C8H6F11O5S-. The summed E-state index contributed by atoms with van der Waals surface area (Å²) in [4.78, 5) is 0. The lowest BCUT2D eigenvalue weighted by molar-refractivity contribution is -0.487. The van der Waals surface area contributed by atoms with Crippen LogP contribution >= 0.6 is 0 Å². The summed E-state index contributed by atoms with van der Waals surface area (Å²) in [6.07, 6.45) is -19.7. The molecule has 0 heterocycles. The van der Waals surface area contributed by atoms with E-state index in [1.54, 1.807) is 0 Å². The lowest BCUT2D eigenvalue weighted by Gasteiger charge is -2.38.